The van der Waals surface area contributed by atoms with Gasteiger partial charge in [-0.15, -0.1) is 0 Å². The number of nitrogen functional groups attached to an aromatic ring is 1. The average Bonchev–Trinajstić information content (AvgIpc) is 2.41. The lowest BCUT2D eigenvalue weighted by Crippen LogP contribution is -2.23. The first-order valence-corrected chi connectivity index (χ1v) is 6.39. The Morgan fingerprint density at radius 2 is 1.79 bits per heavy atom. The van der Waals surface area contributed by atoms with E-state index in [1.54, 1.807) is 30.3 Å². The summed E-state index contributed by atoms with van der Waals surface area (Å²) in [6.45, 7) is -0.737. The first kappa shape index (κ1) is 13.8. The number of hydrogen-bond donors (Lipinski definition) is 1. The minimum atomic E-state index is -3.05. The number of benzene rings is 2. The summed E-state index contributed by atoms with van der Waals surface area (Å²) in [5.74, 6) is -2.75. The van der Waals surface area contributed by atoms with Crippen LogP contribution in [-0.2, 0) is 5.92 Å². The predicted molar refractivity (Wildman–Crippen MR) is 74.4 cm³/mol. The lowest BCUT2D eigenvalue weighted by Gasteiger charge is -2.18. The maximum absolute atomic E-state index is 13.9. The van der Waals surface area contributed by atoms with Crippen LogP contribution >= 0.6 is 15.9 Å². The number of rotatable bonds is 4. The van der Waals surface area contributed by atoms with Crippen LogP contribution in [0.1, 0.15) is 5.56 Å². The molecule has 0 fully saturated rings. The van der Waals surface area contributed by atoms with E-state index in [1.807, 2.05) is 0 Å². The summed E-state index contributed by atoms with van der Waals surface area (Å²) in [7, 11) is 0. The summed E-state index contributed by atoms with van der Waals surface area (Å²) in [5.41, 5.74) is 5.98. The van der Waals surface area contributed by atoms with Crippen molar-refractivity contribution in [3.05, 3.63) is 58.6 Å². The Kier molecular flexibility index (Phi) is 4.04. The molecule has 2 aromatic rings. The third-order valence-electron chi connectivity index (χ3n) is 2.56. The highest BCUT2D eigenvalue weighted by atomic mass is 79.9. The Labute approximate surface area is 118 Å². The van der Waals surface area contributed by atoms with Crippen molar-refractivity contribution >= 4 is 21.6 Å². The van der Waals surface area contributed by atoms with Crippen LogP contribution in [0.25, 0.3) is 0 Å². The van der Waals surface area contributed by atoms with Crippen LogP contribution in [0.15, 0.2) is 53.0 Å². The van der Waals surface area contributed by atoms with E-state index in [1.165, 1.54) is 18.2 Å². The fourth-order valence-electron chi connectivity index (χ4n) is 1.56. The van der Waals surface area contributed by atoms with Crippen molar-refractivity contribution in [2.45, 2.75) is 5.92 Å². The summed E-state index contributed by atoms with van der Waals surface area (Å²) >= 11 is 3.23. The van der Waals surface area contributed by atoms with E-state index in [2.05, 4.69) is 15.9 Å². The zero-order valence-electron chi connectivity index (χ0n) is 9.95. The van der Waals surface area contributed by atoms with Gasteiger partial charge in [-0.3, -0.25) is 0 Å². The van der Waals surface area contributed by atoms with E-state index in [4.69, 9.17) is 10.5 Å². The molecule has 0 atom stereocenters. The van der Waals surface area contributed by atoms with Gasteiger partial charge in [0.1, 0.15) is 5.75 Å². The Morgan fingerprint density at radius 3 is 2.47 bits per heavy atom. The quantitative estimate of drug-likeness (QED) is 0.854. The molecule has 100 valence electrons. The van der Waals surface area contributed by atoms with Crippen LogP contribution < -0.4 is 10.5 Å². The maximum atomic E-state index is 13.9. The highest BCUT2D eigenvalue weighted by Crippen LogP contribution is 2.32. The molecule has 0 aliphatic rings. The molecule has 0 spiro atoms. The van der Waals surface area contributed by atoms with Gasteiger partial charge in [-0.25, -0.2) is 0 Å². The molecule has 2 aromatic carbocycles. The van der Waals surface area contributed by atoms with Gasteiger partial charge in [0.05, 0.1) is 4.47 Å². The summed E-state index contributed by atoms with van der Waals surface area (Å²) in [5, 5.41) is 0. The van der Waals surface area contributed by atoms with Gasteiger partial charge in [-0.2, -0.15) is 8.78 Å². The molecule has 0 saturated carbocycles. The zero-order chi connectivity index (χ0) is 13.9. The third-order valence-corrected chi connectivity index (χ3v) is 3.22. The maximum Gasteiger partial charge on any atom is 0.306 e. The minimum Gasteiger partial charge on any atom is -0.486 e. The molecule has 0 heterocycles. The molecule has 0 aliphatic carbocycles. The number of halogens is 3. The Balaban J connectivity index is 2.12. The van der Waals surface area contributed by atoms with Crippen molar-refractivity contribution in [3.63, 3.8) is 0 Å². The number of hydrogen-bond acceptors (Lipinski definition) is 2. The topological polar surface area (TPSA) is 35.2 Å². The molecular formula is C14H12BrF2NO. The smallest absolute Gasteiger partial charge is 0.306 e. The normalized spacial score (nSPS) is 11.3. The van der Waals surface area contributed by atoms with Gasteiger partial charge in [0.2, 0.25) is 0 Å². The first-order valence-electron chi connectivity index (χ1n) is 5.60. The summed E-state index contributed by atoms with van der Waals surface area (Å²) in [6, 6.07) is 12.4. The van der Waals surface area contributed by atoms with Crippen LogP contribution in [0.2, 0.25) is 0 Å². The van der Waals surface area contributed by atoms with E-state index < -0.39 is 12.5 Å². The summed E-state index contributed by atoms with van der Waals surface area (Å²) in [6.07, 6.45) is 0. The van der Waals surface area contributed by atoms with Gasteiger partial charge in [-0.1, -0.05) is 30.3 Å². The Bertz CT molecular complexity index is 561. The molecule has 5 heteroatoms. The van der Waals surface area contributed by atoms with E-state index >= 15 is 0 Å². The predicted octanol–water partition coefficient (Wildman–Crippen LogP) is 4.20. The molecule has 2 N–H and O–H groups in total. The van der Waals surface area contributed by atoms with Gasteiger partial charge >= 0.3 is 5.92 Å². The van der Waals surface area contributed by atoms with Crippen LogP contribution in [0.4, 0.5) is 14.5 Å². The number of nitrogens with two attached hydrogens (primary N) is 1. The third kappa shape index (κ3) is 3.44. The minimum absolute atomic E-state index is 0.0741. The van der Waals surface area contributed by atoms with Crippen molar-refractivity contribution in [2.24, 2.45) is 0 Å². The fraction of sp³-hybridized carbons (Fsp3) is 0.143. The standard InChI is InChI=1S/C14H12BrF2NO/c15-12-7-6-11(18)8-13(12)19-9-14(16,17)10-4-2-1-3-5-10/h1-8H,9,18H2. The van der Waals surface area contributed by atoms with Gasteiger partial charge in [0.15, 0.2) is 6.61 Å². The van der Waals surface area contributed by atoms with Gasteiger partial charge in [-0.05, 0) is 28.1 Å². The second-order valence-corrected chi connectivity index (χ2v) is 4.90. The molecule has 0 saturated heterocycles. The second-order valence-electron chi connectivity index (χ2n) is 4.05. The number of ether oxygens (including phenoxy) is 1. The molecule has 0 amide bonds. The van der Waals surface area contributed by atoms with Crippen LogP contribution in [0, 0.1) is 0 Å². The zero-order valence-corrected chi connectivity index (χ0v) is 11.5. The van der Waals surface area contributed by atoms with Crippen molar-refractivity contribution in [1.82, 2.24) is 0 Å². The van der Waals surface area contributed by atoms with E-state index in [-0.39, 0.29) is 5.56 Å². The molecule has 0 radical (unpaired) electrons. The summed E-state index contributed by atoms with van der Waals surface area (Å²) in [4.78, 5) is 0. The molecule has 2 nitrogen and oxygen atoms in total. The number of anilines is 1. The fourth-order valence-corrected chi connectivity index (χ4v) is 1.93. The van der Waals surface area contributed by atoms with Crippen LogP contribution in [-0.4, -0.2) is 6.61 Å². The SMILES string of the molecule is Nc1ccc(Br)c(OCC(F)(F)c2ccccc2)c1. The molecule has 0 unspecified atom stereocenters. The Hall–Kier alpha value is -1.62. The lowest BCUT2D eigenvalue weighted by molar-refractivity contribution is -0.0468. The van der Waals surface area contributed by atoms with Crippen LogP contribution in [0.5, 0.6) is 5.75 Å². The Morgan fingerprint density at radius 1 is 1.11 bits per heavy atom. The summed E-state index contributed by atoms with van der Waals surface area (Å²) < 4.78 is 33.6. The van der Waals surface area contributed by atoms with Crippen molar-refractivity contribution in [2.75, 3.05) is 12.3 Å². The van der Waals surface area contributed by atoms with E-state index in [9.17, 15) is 8.78 Å². The largest absolute Gasteiger partial charge is 0.486 e. The molecule has 0 aliphatic heterocycles. The molecule has 0 bridgehead atoms. The van der Waals surface area contributed by atoms with Gasteiger partial charge in [0, 0.05) is 17.3 Å². The van der Waals surface area contributed by atoms with Crippen LogP contribution in [0.3, 0.4) is 0 Å². The highest BCUT2D eigenvalue weighted by Gasteiger charge is 2.32. The van der Waals surface area contributed by atoms with Gasteiger partial charge in [0.25, 0.3) is 0 Å². The first-order chi connectivity index (χ1) is 8.99. The van der Waals surface area contributed by atoms with Gasteiger partial charge < -0.3 is 10.5 Å². The van der Waals surface area contributed by atoms with Crippen molar-refractivity contribution in [3.8, 4) is 5.75 Å². The van der Waals surface area contributed by atoms with Crippen molar-refractivity contribution < 1.29 is 13.5 Å². The number of alkyl halides is 2. The highest BCUT2D eigenvalue weighted by molar-refractivity contribution is 9.10. The molecular weight excluding hydrogens is 316 g/mol. The van der Waals surface area contributed by atoms with E-state index in [0.29, 0.717) is 15.9 Å². The van der Waals surface area contributed by atoms with E-state index in [0.717, 1.165) is 0 Å². The molecule has 2 rings (SSSR count). The average molecular weight is 328 g/mol. The second kappa shape index (κ2) is 5.57. The van der Waals surface area contributed by atoms with Crippen molar-refractivity contribution in [1.29, 1.82) is 0 Å². The molecule has 0 aromatic heterocycles. The lowest BCUT2D eigenvalue weighted by atomic mass is 10.1. The monoisotopic (exact) mass is 327 g/mol. The molecule has 19 heavy (non-hydrogen) atoms.